The van der Waals surface area contributed by atoms with Crippen molar-refractivity contribution < 1.29 is 33.2 Å². The van der Waals surface area contributed by atoms with E-state index in [4.69, 9.17) is 14.0 Å². The fourth-order valence-corrected chi connectivity index (χ4v) is 2.54. The van der Waals surface area contributed by atoms with E-state index in [1.54, 1.807) is 36.4 Å². The summed E-state index contributed by atoms with van der Waals surface area (Å²) in [6.07, 6.45) is 0.473. The van der Waals surface area contributed by atoms with Crippen LogP contribution in [0.15, 0.2) is 53.1 Å². The molecular weight excluding hydrogens is 368 g/mol. The summed E-state index contributed by atoms with van der Waals surface area (Å²) in [5, 5.41) is 2.81. The Labute approximate surface area is 160 Å². The third kappa shape index (κ3) is 4.97. The molecule has 1 aliphatic heterocycles. The number of alkyl carbamates (subject to hydrolysis) is 1. The minimum atomic E-state index is -1.21. The molecule has 1 atom stereocenters. The van der Waals surface area contributed by atoms with Gasteiger partial charge in [0.25, 0.3) is 11.8 Å². The van der Waals surface area contributed by atoms with E-state index in [9.17, 15) is 19.2 Å². The van der Waals surface area contributed by atoms with Gasteiger partial charge in [0.1, 0.15) is 18.4 Å². The molecule has 9 heteroatoms. The summed E-state index contributed by atoms with van der Waals surface area (Å²) in [4.78, 5) is 52.7. The monoisotopic (exact) mass is 386 g/mol. The zero-order valence-electron chi connectivity index (χ0n) is 14.8. The van der Waals surface area contributed by atoms with Crippen LogP contribution in [0.25, 0.3) is 0 Å². The first-order chi connectivity index (χ1) is 13.5. The zero-order valence-corrected chi connectivity index (χ0v) is 14.8. The third-order valence-electron chi connectivity index (χ3n) is 3.96. The number of nitrogens with zero attached hydrogens (tertiary/aromatic N) is 1. The van der Waals surface area contributed by atoms with Crippen molar-refractivity contribution >= 4 is 23.9 Å². The van der Waals surface area contributed by atoms with Gasteiger partial charge in [-0.3, -0.25) is 9.59 Å². The van der Waals surface area contributed by atoms with Gasteiger partial charge < -0.3 is 19.3 Å². The van der Waals surface area contributed by atoms with Crippen LogP contribution in [0, 0.1) is 0 Å². The van der Waals surface area contributed by atoms with Crippen molar-refractivity contribution in [1.29, 1.82) is 0 Å². The highest BCUT2D eigenvalue weighted by Crippen LogP contribution is 2.14. The predicted octanol–water partition coefficient (Wildman–Crippen LogP) is 1.72. The number of hydrogen-bond acceptors (Lipinski definition) is 7. The topological polar surface area (TPSA) is 115 Å². The fourth-order valence-electron chi connectivity index (χ4n) is 2.54. The van der Waals surface area contributed by atoms with Crippen molar-refractivity contribution in [2.45, 2.75) is 31.9 Å². The second-order valence-corrected chi connectivity index (χ2v) is 6.03. The van der Waals surface area contributed by atoms with Crippen molar-refractivity contribution in [1.82, 2.24) is 10.4 Å². The van der Waals surface area contributed by atoms with Gasteiger partial charge in [-0.15, -0.1) is 5.06 Å². The van der Waals surface area contributed by atoms with E-state index in [1.807, 2.05) is 6.07 Å². The van der Waals surface area contributed by atoms with E-state index in [0.717, 1.165) is 5.56 Å². The fraction of sp³-hybridized carbons (Fsp3) is 0.263. The van der Waals surface area contributed by atoms with Crippen LogP contribution in [-0.4, -0.2) is 35.0 Å². The van der Waals surface area contributed by atoms with Gasteiger partial charge in [-0.2, -0.15) is 0 Å². The van der Waals surface area contributed by atoms with E-state index in [-0.39, 0.29) is 25.9 Å². The Hall–Kier alpha value is -3.62. The van der Waals surface area contributed by atoms with Gasteiger partial charge in [0, 0.05) is 19.3 Å². The van der Waals surface area contributed by atoms with Crippen molar-refractivity contribution in [3.63, 3.8) is 0 Å². The molecule has 0 radical (unpaired) electrons. The lowest BCUT2D eigenvalue weighted by Crippen LogP contribution is -2.46. The number of carbonyl (C=O) groups excluding carboxylic acids is 4. The van der Waals surface area contributed by atoms with E-state index < -0.39 is 29.9 Å². The summed E-state index contributed by atoms with van der Waals surface area (Å²) < 4.78 is 10.3. The lowest BCUT2D eigenvalue weighted by molar-refractivity contribution is -0.198. The van der Waals surface area contributed by atoms with Crippen LogP contribution >= 0.6 is 0 Å². The molecule has 0 aliphatic carbocycles. The average Bonchev–Trinajstić information content (AvgIpc) is 3.32. The SMILES string of the molecule is O=C(N[C@@H](Cc1ccco1)C(=O)ON1C(=O)CCC1=O)OCc1ccccc1. The van der Waals surface area contributed by atoms with Crippen molar-refractivity contribution in [3.05, 3.63) is 60.1 Å². The Morgan fingerprint density at radius 2 is 1.79 bits per heavy atom. The summed E-state index contributed by atoms with van der Waals surface area (Å²) in [6.45, 7) is 0.0122. The first-order valence-corrected chi connectivity index (χ1v) is 8.60. The van der Waals surface area contributed by atoms with Gasteiger partial charge in [-0.25, -0.2) is 9.59 Å². The highest BCUT2D eigenvalue weighted by molar-refractivity contribution is 6.01. The Balaban J connectivity index is 1.62. The number of furan rings is 1. The molecule has 2 heterocycles. The Kier molecular flexibility index (Phi) is 6.05. The second-order valence-electron chi connectivity index (χ2n) is 6.03. The minimum absolute atomic E-state index is 0.0122. The van der Waals surface area contributed by atoms with E-state index in [0.29, 0.717) is 10.8 Å². The molecule has 1 saturated heterocycles. The molecule has 0 spiro atoms. The standard InChI is InChI=1S/C19H18N2O7/c22-16-8-9-17(23)21(16)28-18(24)15(11-14-7-4-10-26-14)20-19(25)27-12-13-5-2-1-3-6-13/h1-7,10,15H,8-9,11-12H2,(H,20,25)/t15-/m0/s1. The molecule has 2 aromatic rings. The Morgan fingerprint density at radius 3 is 2.43 bits per heavy atom. The summed E-state index contributed by atoms with van der Waals surface area (Å²) in [6, 6.07) is 11.0. The van der Waals surface area contributed by atoms with Crippen molar-refractivity contribution in [2.75, 3.05) is 0 Å². The van der Waals surface area contributed by atoms with E-state index >= 15 is 0 Å². The predicted molar refractivity (Wildman–Crippen MR) is 93.1 cm³/mol. The Bertz CT molecular complexity index is 832. The molecule has 28 heavy (non-hydrogen) atoms. The number of nitrogens with one attached hydrogen (secondary N) is 1. The summed E-state index contributed by atoms with van der Waals surface area (Å²) >= 11 is 0. The van der Waals surface area contributed by atoms with Gasteiger partial charge in [-0.1, -0.05) is 30.3 Å². The van der Waals surface area contributed by atoms with Gasteiger partial charge in [0.05, 0.1) is 6.26 Å². The van der Waals surface area contributed by atoms with Crippen molar-refractivity contribution in [3.8, 4) is 0 Å². The van der Waals surface area contributed by atoms with Crippen LogP contribution in [0.4, 0.5) is 4.79 Å². The highest BCUT2D eigenvalue weighted by atomic mass is 16.7. The quantitative estimate of drug-likeness (QED) is 0.721. The molecule has 0 unspecified atom stereocenters. The maximum atomic E-state index is 12.4. The van der Waals surface area contributed by atoms with Gasteiger partial charge in [0.2, 0.25) is 0 Å². The lowest BCUT2D eigenvalue weighted by atomic mass is 10.2. The smallest absolute Gasteiger partial charge is 0.408 e. The minimum Gasteiger partial charge on any atom is -0.469 e. The molecule has 1 aromatic heterocycles. The van der Waals surface area contributed by atoms with Crippen LogP contribution in [0.5, 0.6) is 0 Å². The number of hydroxylamine groups is 2. The molecule has 1 fully saturated rings. The van der Waals surface area contributed by atoms with Crippen LogP contribution in [0.1, 0.15) is 24.2 Å². The maximum absolute atomic E-state index is 12.4. The van der Waals surface area contributed by atoms with Crippen LogP contribution < -0.4 is 5.32 Å². The Morgan fingerprint density at radius 1 is 1.07 bits per heavy atom. The molecule has 0 saturated carbocycles. The summed E-state index contributed by atoms with van der Waals surface area (Å²) in [5.74, 6) is -1.79. The van der Waals surface area contributed by atoms with Crippen LogP contribution in [0.2, 0.25) is 0 Å². The molecular formula is C19H18N2O7. The number of amides is 3. The maximum Gasteiger partial charge on any atom is 0.408 e. The molecule has 146 valence electrons. The molecule has 3 amide bonds. The number of ether oxygens (including phenoxy) is 1. The van der Waals surface area contributed by atoms with E-state index in [1.165, 1.54) is 6.26 Å². The lowest BCUT2D eigenvalue weighted by Gasteiger charge is -2.19. The van der Waals surface area contributed by atoms with E-state index in [2.05, 4.69) is 5.32 Å². The van der Waals surface area contributed by atoms with Crippen LogP contribution in [0.3, 0.4) is 0 Å². The van der Waals surface area contributed by atoms with Crippen molar-refractivity contribution in [2.24, 2.45) is 0 Å². The largest absolute Gasteiger partial charge is 0.469 e. The molecule has 9 nitrogen and oxygen atoms in total. The summed E-state index contributed by atoms with van der Waals surface area (Å²) in [5.41, 5.74) is 0.774. The number of rotatable bonds is 7. The summed E-state index contributed by atoms with van der Waals surface area (Å²) in [7, 11) is 0. The number of imide groups is 1. The average molecular weight is 386 g/mol. The number of carbonyl (C=O) groups is 4. The van der Waals surface area contributed by atoms with Gasteiger partial charge in [0.15, 0.2) is 0 Å². The first kappa shape index (κ1) is 19.2. The van der Waals surface area contributed by atoms with Gasteiger partial charge >= 0.3 is 12.1 Å². The molecule has 1 aromatic carbocycles. The third-order valence-corrected chi connectivity index (χ3v) is 3.96. The number of benzene rings is 1. The zero-order chi connectivity index (χ0) is 19.9. The van der Waals surface area contributed by atoms with Crippen LogP contribution in [-0.2, 0) is 37.0 Å². The van der Waals surface area contributed by atoms with Gasteiger partial charge in [-0.05, 0) is 17.7 Å². The highest BCUT2D eigenvalue weighted by Gasteiger charge is 2.35. The molecule has 1 N–H and O–H groups in total. The molecule has 0 bridgehead atoms. The first-order valence-electron chi connectivity index (χ1n) is 8.60. The second kappa shape index (κ2) is 8.85. The molecule has 3 rings (SSSR count). The normalized spacial score (nSPS) is 14.6. The molecule has 1 aliphatic rings. The number of hydrogen-bond donors (Lipinski definition) is 1.